The van der Waals surface area contributed by atoms with E-state index >= 15 is 0 Å². The Kier molecular flexibility index (Phi) is 4.76. The van der Waals surface area contributed by atoms with Crippen LogP contribution in [0.4, 0.5) is 10.2 Å². The number of rotatable bonds is 4. The Labute approximate surface area is 198 Å². The molecule has 0 saturated heterocycles. The molecule has 1 aromatic carbocycles. The number of hydrogen-bond acceptors (Lipinski definition) is 7. The number of hydrogen-bond donors (Lipinski definition) is 2. The van der Waals surface area contributed by atoms with E-state index in [9.17, 15) is 9.18 Å². The molecule has 6 rings (SSSR count). The largest absolute Gasteiger partial charge is 0.384 e. The van der Waals surface area contributed by atoms with Crippen molar-refractivity contribution in [2.45, 2.75) is 25.8 Å². The number of nitrogens with one attached hydrogen (secondary N) is 1. The number of halogens is 1. The number of imidazole rings is 1. The number of aryl methyl sites for hydroxylation is 2. The molecule has 0 fully saturated rings. The van der Waals surface area contributed by atoms with Crippen LogP contribution in [0.2, 0.25) is 0 Å². The Balaban J connectivity index is 1.39. The molecular weight excluding hydrogens is 449 g/mol. The molecule has 5 heterocycles. The van der Waals surface area contributed by atoms with Crippen LogP contribution in [-0.4, -0.2) is 39.7 Å². The minimum Gasteiger partial charge on any atom is -0.384 e. The van der Waals surface area contributed by atoms with Crippen LogP contribution in [0, 0.1) is 12.9 Å². The molecule has 0 saturated carbocycles. The highest BCUT2D eigenvalue weighted by Gasteiger charge is 2.28. The van der Waals surface area contributed by atoms with Gasteiger partial charge in [0.25, 0.3) is 5.56 Å². The Bertz CT molecular complexity index is 1620. The van der Waals surface area contributed by atoms with Crippen molar-refractivity contribution in [2.24, 2.45) is 0 Å². The first-order chi connectivity index (χ1) is 17.0. The zero-order valence-electron chi connectivity index (χ0n) is 18.7. The van der Waals surface area contributed by atoms with Crippen LogP contribution < -0.4 is 11.3 Å². The van der Waals surface area contributed by atoms with E-state index in [1.54, 1.807) is 27.6 Å². The Morgan fingerprint density at radius 3 is 2.83 bits per heavy atom. The average Bonchev–Trinajstić information content (AvgIpc) is 3.59. The topological polar surface area (TPSA) is 133 Å². The van der Waals surface area contributed by atoms with Crippen LogP contribution in [0.15, 0.2) is 59.8 Å². The van der Waals surface area contributed by atoms with Crippen LogP contribution >= 0.6 is 0 Å². The Morgan fingerprint density at radius 1 is 1.14 bits per heavy atom. The molecule has 10 nitrogen and oxygen atoms in total. The maximum atomic E-state index is 14.3. The molecular formula is C24H20FN9O. The molecule has 0 radical (unpaired) electrons. The predicted molar refractivity (Wildman–Crippen MR) is 126 cm³/mol. The van der Waals surface area contributed by atoms with Gasteiger partial charge < -0.3 is 15.3 Å². The van der Waals surface area contributed by atoms with Gasteiger partial charge in [0.2, 0.25) is 5.95 Å². The lowest BCUT2D eigenvalue weighted by Crippen LogP contribution is -2.24. The lowest BCUT2D eigenvalue weighted by Gasteiger charge is -2.15. The van der Waals surface area contributed by atoms with E-state index in [0.29, 0.717) is 24.4 Å². The third kappa shape index (κ3) is 3.57. The third-order valence-corrected chi connectivity index (χ3v) is 6.26. The van der Waals surface area contributed by atoms with Crippen molar-refractivity contribution in [2.75, 3.05) is 5.73 Å². The van der Waals surface area contributed by atoms with E-state index in [0.717, 1.165) is 28.1 Å². The molecule has 174 valence electrons. The fourth-order valence-electron chi connectivity index (χ4n) is 4.65. The Hall–Kier alpha value is -4.67. The van der Waals surface area contributed by atoms with Crippen LogP contribution in [-0.2, 0) is 6.42 Å². The van der Waals surface area contributed by atoms with Crippen LogP contribution in [0.5, 0.6) is 0 Å². The summed E-state index contributed by atoms with van der Waals surface area (Å²) in [5.74, 6) is 0.0232. The lowest BCUT2D eigenvalue weighted by molar-refractivity contribution is 0.571. The van der Waals surface area contributed by atoms with Crippen molar-refractivity contribution in [3.63, 3.8) is 0 Å². The normalized spacial score (nSPS) is 14.9. The number of aromatic amines is 1. The molecule has 0 bridgehead atoms. The first-order valence-corrected chi connectivity index (χ1v) is 11.0. The number of nitrogens with zero attached hydrogens (tertiary/aromatic N) is 7. The quantitative estimate of drug-likeness (QED) is 0.387. The average molecular weight is 469 g/mol. The van der Waals surface area contributed by atoms with Gasteiger partial charge >= 0.3 is 0 Å². The molecule has 4 aromatic heterocycles. The van der Waals surface area contributed by atoms with Crippen molar-refractivity contribution in [3.05, 3.63) is 88.4 Å². The number of anilines is 1. The molecule has 0 spiro atoms. The summed E-state index contributed by atoms with van der Waals surface area (Å²) in [6.07, 6.45) is 4.47. The number of fused-ring (bicyclic) bond motifs is 1. The number of nitrogen functional groups attached to an aromatic ring is 1. The highest BCUT2D eigenvalue weighted by molar-refractivity contribution is 5.73. The van der Waals surface area contributed by atoms with E-state index in [2.05, 4.69) is 30.5 Å². The molecule has 0 aliphatic carbocycles. The minimum atomic E-state index is -0.676. The van der Waals surface area contributed by atoms with E-state index in [1.807, 2.05) is 31.2 Å². The van der Waals surface area contributed by atoms with Crippen molar-refractivity contribution in [3.8, 4) is 28.1 Å². The molecule has 35 heavy (non-hydrogen) atoms. The summed E-state index contributed by atoms with van der Waals surface area (Å²) in [4.78, 5) is 24.6. The van der Waals surface area contributed by atoms with Gasteiger partial charge in [0, 0.05) is 17.3 Å². The van der Waals surface area contributed by atoms with Crippen molar-refractivity contribution >= 4 is 5.82 Å². The standard InChI is InChI=1S/C24H20FN9O/c1-13-2-5-19(33-12-28-31-32-33)17(8-13)14-9-15-3-6-20(34(15)22(35)10-14)24-27-11-18(29-24)16-4-7-21(26)30-23(16)25/h2,4-5,7-12,20H,3,6H2,1H3,(H2,26,30)(H,27,29)/t20-/m0/s1. The zero-order chi connectivity index (χ0) is 24.1. The number of H-pyrrole nitrogens is 1. The molecule has 3 N–H and O–H groups in total. The number of benzene rings is 1. The second kappa shape index (κ2) is 7.97. The molecule has 0 amide bonds. The fourth-order valence-corrected chi connectivity index (χ4v) is 4.65. The molecule has 1 aliphatic heterocycles. The molecule has 1 atom stereocenters. The zero-order valence-corrected chi connectivity index (χ0v) is 18.7. The highest BCUT2D eigenvalue weighted by atomic mass is 19.1. The SMILES string of the molecule is Cc1ccc(-n2cnnn2)c(-c2cc3n(c(=O)c2)[C@H](c2ncc(-c4ccc(N)nc4F)[nH]2)CC3)c1. The second-order valence-electron chi connectivity index (χ2n) is 8.53. The molecule has 0 unspecified atom stereocenters. The molecule has 1 aliphatic rings. The van der Waals surface area contributed by atoms with Crippen molar-refractivity contribution < 1.29 is 4.39 Å². The number of nitrogens with two attached hydrogens (primary N) is 1. The third-order valence-electron chi connectivity index (χ3n) is 6.26. The van der Waals surface area contributed by atoms with Gasteiger partial charge in [-0.05, 0) is 66.1 Å². The van der Waals surface area contributed by atoms with Gasteiger partial charge in [-0.2, -0.15) is 9.07 Å². The number of aromatic nitrogens is 8. The smallest absolute Gasteiger partial charge is 0.252 e. The fraction of sp³-hybridized carbons (Fsp3) is 0.167. The van der Waals surface area contributed by atoms with Gasteiger partial charge in [0.1, 0.15) is 18.0 Å². The van der Waals surface area contributed by atoms with E-state index in [1.165, 1.54) is 12.4 Å². The van der Waals surface area contributed by atoms with Gasteiger partial charge in [-0.25, -0.2) is 9.97 Å². The maximum Gasteiger partial charge on any atom is 0.252 e. The summed E-state index contributed by atoms with van der Waals surface area (Å²) in [5.41, 5.74) is 10.6. The first kappa shape index (κ1) is 20.9. The number of pyridine rings is 2. The lowest BCUT2D eigenvalue weighted by atomic mass is 10.0. The van der Waals surface area contributed by atoms with Gasteiger partial charge in [0.15, 0.2) is 0 Å². The van der Waals surface area contributed by atoms with E-state index in [4.69, 9.17) is 5.73 Å². The summed E-state index contributed by atoms with van der Waals surface area (Å²) in [6, 6.07) is 12.4. The highest BCUT2D eigenvalue weighted by Crippen LogP contribution is 2.34. The predicted octanol–water partition coefficient (Wildman–Crippen LogP) is 2.84. The minimum absolute atomic E-state index is 0.106. The van der Waals surface area contributed by atoms with Crippen LogP contribution in [0.1, 0.15) is 29.5 Å². The van der Waals surface area contributed by atoms with Crippen LogP contribution in [0.3, 0.4) is 0 Å². The van der Waals surface area contributed by atoms with E-state index < -0.39 is 5.95 Å². The summed E-state index contributed by atoms with van der Waals surface area (Å²) in [6.45, 7) is 2.00. The van der Waals surface area contributed by atoms with Gasteiger partial charge in [-0.15, -0.1) is 5.10 Å². The maximum absolute atomic E-state index is 14.3. The van der Waals surface area contributed by atoms with E-state index in [-0.39, 0.29) is 23.0 Å². The summed E-state index contributed by atoms with van der Waals surface area (Å²) >= 11 is 0. The summed E-state index contributed by atoms with van der Waals surface area (Å²) < 4.78 is 17.6. The monoisotopic (exact) mass is 469 g/mol. The first-order valence-electron chi connectivity index (χ1n) is 11.0. The summed E-state index contributed by atoms with van der Waals surface area (Å²) in [7, 11) is 0. The Morgan fingerprint density at radius 2 is 2.03 bits per heavy atom. The van der Waals surface area contributed by atoms with Crippen molar-refractivity contribution in [1.82, 2.24) is 39.7 Å². The second-order valence-corrected chi connectivity index (χ2v) is 8.53. The molecule has 5 aromatic rings. The number of tetrazole rings is 1. The van der Waals surface area contributed by atoms with Gasteiger partial charge in [-0.1, -0.05) is 11.6 Å². The molecule has 11 heteroatoms. The summed E-state index contributed by atoms with van der Waals surface area (Å²) in [5, 5.41) is 11.5. The van der Waals surface area contributed by atoms with Gasteiger partial charge in [-0.3, -0.25) is 4.79 Å². The van der Waals surface area contributed by atoms with Gasteiger partial charge in [0.05, 0.1) is 29.2 Å². The van der Waals surface area contributed by atoms with Crippen LogP contribution in [0.25, 0.3) is 28.1 Å². The van der Waals surface area contributed by atoms with Crippen molar-refractivity contribution in [1.29, 1.82) is 0 Å².